The van der Waals surface area contributed by atoms with Crippen molar-refractivity contribution in [3.05, 3.63) is 77.9 Å². The van der Waals surface area contributed by atoms with E-state index < -0.39 is 25.3 Å². The molecule has 206 valence electrons. The molecule has 1 heterocycles. The largest absolute Gasteiger partial charge is 0.495 e. The van der Waals surface area contributed by atoms with Gasteiger partial charge in [0, 0.05) is 28.2 Å². The van der Waals surface area contributed by atoms with E-state index >= 15 is 0 Å². The summed E-state index contributed by atoms with van der Waals surface area (Å²) in [7, 11) is -1.79. The first-order valence-electron chi connectivity index (χ1n) is 12.1. The van der Waals surface area contributed by atoms with E-state index in [1.54, 1.807) is 62.4 Å². The fraction of sp³-hybridized carbons (Fsp3) is 0.222. The number of anilines is 2. The minimum Gasteiger partial charge on any atom is -0.495 e. The van der Waals surface area contributed by atoms with Gasteiger partial charge in [0.05, 0.1) is 37.9 Å². The number of benzene rings is 3. The Hall–Kier alpha value is -3.37. The number of rotatable bonds is 10. The molecule has 0 saturated heterocycles. The van der Waals surface area contributed by atoms with Gasteiger partial charge in [-0.05, 0) is 61.9 Å². The molecule has 39 heavy (non-hydrogen) atoms. The molecule has 8 nitrogen and oxygen atoms in total. The second-order valence-electron chi connectivity index (χ2n) is 8.46. The highest BCUT2D eigenvalue weighted by atomic mass is 32.1. The van der Waals surface area contributed by atoms with Crippen LogP contribution in [0.4, 0.5) is 25.0 Å². The van der Waals surface area contributed by atoms with E-state index in [2.05, 4.69) is 23.1 Å². The Bertz CT molecular complexity index is 1480. The Morgan fingerprint density at radius 3 is 2.31 bits per heavy atom. The van der Waals surface area contributed by atoms with Gasteiger partial charge in [-0.2, -0.15) is 0 Å². The molecule has 2 amide bonds. The highest BCUT2D eigenvalue weighted by molar-refractivity contribution is 7.82. The second kappa shape index (κ2) is 12.2. The zero-order chi connectivity index (χ0) is 28.2. The van der Waals surface area contributed by atoms with Gasteiger partial charge >= 0.3 is 13.6 Å². The molecule has 0 atom stereocenters. The summed E-state index contributed by atoms with van der Waals surface area (Å²) < 4.78 is 57.3. The molecule has 0 aliphatic heterocycles. The number of nitrogens with one attached hydrogen (secondary N) is 2. The van der Waals surface area contributed by atoms with E-state index in [4.69, 9.17) is 13.8 Å². The zero-order valence-corrected chi connectivity index (χ0v) is 23.3. The first-order valence-corrected chi connectivity index (χ1v) is 14.2. The molecular formula is C27H28F2N3O5PS. The predicted molar refractivity (Wildman–Crippen MR) is 152 cm³/mol. The van der Waals surface area contributed by atoms with Crippen LogP contribution in [0.15, 0.2) is 60.7 Å². The third-order valence-corrected chi connectivity index (χ3v) is 8.28. The van der Waals surface area contributed by atoms with Crippen LogP contribution in [0.2, 0.25) is 0 Å². The average Bonchev–Trinajstić information content (AvgIpc) is 3.31. The van der Waals surface area contributed by atoms with E-state index in [0.29, 0.717) is 39.3 Å². The summed E-state index contributed by atoms with van der Waals surface area (Å²) >= 11 is 4.34. The van der Waals surface area contributed by atoms with Crippen LogP contribution in [0.1, 0.15) is 19.4 Å². The minimum absolute atomic E-state index is 0.102. The molecule has 0 fully saturated rings. The third kappa shape index (κ3) is 6.62. The highest BCUT2D eigenvalue weighted by Gasteiger charge is 2.24. The summed E-state index contributed by atoms with van der Waals surface area (Å²) in [6, 6.07) is 15.2. The molecule has 0 unspecified atom stereocenters. The van der Waals surface area contributed by atoms with Gasteiger partial charge in [-0.3, -0.25) is 4.57 Å². The van der Waals surface area contributed by atoms with E-state index in [0.717, 1.165) is 22.0 Å². The maximum Gasteiger partial charge on any atom is 0.336 e. The summed E-state index contributed by atoms with van der Waals surface area (Å²) in [6.07, 6.45) is 0.102. The fourth-order valence-electron chi connectivity index (χ4n) is 4.03. The molecule has 12 heteroatoms. The van der Waals surface area contributed by atoms with Crippen LogP contribution in [0, 0.1) is 11.6 Å². The normalized spacial score (nSPS) is 11.5. The number of carbonyl (C=O) groups excluding carboxylic acids is 1. The topological polar surface area (TPSA) is 92.9 Å². The van der Waals surface area contributed by atoms with Crippen molar-refractivity contribution in [3.63, 3.8) is 0 Å². The van der Waals surface area contributed by atoms with Gasteiger partial charge < -0.3 is 24.1 Å². The molecule has 2 N–H and O–H groups in total. The quantitative estimate of drug-likeness (QED) is 0.133. The number of aromatic nitrogens is 1. The Labute approximate surface area is 230 Å². The van der Waals surface area contributed by atoms with Crippen molar-refractivity contribution in [2.45, 2.75) is 20.0 Å². The van der Waals surface area contributed by atoms with Gasteiger partial charge in [0.1, 0.15) is 5.75 Å². The van der Waals surface area contributed by atoms with Crippen LogP contribution in [0.25, 0.3) is 22.2 Å². The number of H-pyrrole nitrogens is 1. The van der Waals surface area contributed by atoms with Gasteiger partial charge in [0.2, 0.25) is 0 Å². The first kappa shape index (κ1) is 28.6. The smallest absolute Gasteiger partial charge is 0.336 e. The maximum atomic E-state index is 13.7. The summed E-state index contributed by atoms with van der Waals surface area (Å²) in [4.78, 5) is 16.1. The van der Waals surface area contributed by atoms with Crippen molar-refractivity contribution in [2.75, 3.05) is 29.9 Å². The minimum atomic E-state index is -3.26. The number of amides is 2. The van der Waals surface area contributed by atoms with Crippen molar-refractivity contribution in [3.8, 4) is 17.0 Å². The number of halogens is 2. The number of thiol groups is 1. The monoisotopic (exact) mass is 575 g/mol. The number of fused-ring (bicyclic) bond motifs is 1. The van der Waals surface area contributed by atoms with Crippen molar-refractivity contribution in [1.29, 1.82) is 0 Å². The van der Waals surface area contributed by atoms with E-state index in [1.165, 1.54) is 7.11 Å². The average molecular weight is 576 g/mol. The first-order chi connectivity index (χ1) is 18.7. The standard InChI is InChI=1S/C27H28F2N3O5PS/c1-4-36-38(34,37-5-2)16-17-6-9-20(10-7-17)32(39)27(33)31-25-13-18(8-11-26(25)35-3)23-14-19-12-21(28)22(29)15-24(19)30-23/h6-15,30,39H,4-5,16H2,1-3H3,(H,31,33). The van der Waals surface area contributed by atoms with Crippen LogP contribution in [0.3, 0.4) is 0 Å². The van der Waals surface area contributed by atoms with Gasteiger partial charge in [-0.25, -0.2) is 17.9 Å². The molecule has 4 aromatic rings. The van der Waals surface area contributed by atoms with Crippen molar-refractivity contribution >= 4 is 48.7 Å². The highest BCUT2D eigenvalue weighted by Crippen LogP contribution is 2.51. The van der Waals surface area contributed by atoms with Gasteiger partial charge in [-0.1, -0.05) is 24.9 Å². The summed E-state index contributed by atoms with van der Waals surface area (Å²) in [5.41, 5.74) is 3.25. The fourth-order valence-corrected chi connectivity index (χ4v) is 5.91. The summed E-state index contributed by atoms with van der Waals surface area (Å²) in [6.45, 7) is 4.03. The third-order valence-electron chi connectivity index (χ3n) is 5.81. The number of hydrogen-bond acceptors (Lipinski definition) is 6. The van der Waals surface area contributed by atoms with Crippen molar-refractivity contribution < 1.29 is 31.9 Å². The lowest BCUT2D eigenvalue weighted by Crippen LogP contribution is -2.27. The molecule has 0 aliphatic carbocycles. The Morgan fingerprint density at radius 1 is 1.00 bits per heavy atom. The van der Waals surface area contributed by atoms with Crippen LogP contribution in [-0.2, 0) is 19.8 Å². The molecule has 0 aliphatic rings. The van der Waals surface area contributed by atoms with Crippen molar-refractivity contribution in [2.24, 2.45) is 0 Å². The molecule has 4 rings (SSSR count). The lowest BCUT2D eigenvalue weighted by atomic mass is 10.1. The SMILES string of the molecule is CCOP(=O)(Cc1ccc(N(S)C(=O)Nc2cc(-c3cc4cc(F)c(F)cc4[nH]3)ccc2OC)cc1)OCC. The Kier molecular flexibility index (Phi) is 8.97. The molecule has 0 radical (unpaired) electrons. The van der Waals surface area contributed by atoms with Crippen LogP contribution in [-0.4, -0.2) is 31.3 Å². The molecule has 0 bridgehead atoms. The summed E-state index contributed by atoms with van der Waals surface area (Å²) in [5, 5.41) is 3.28. The Balaban J connectivity index is 1.52. The van der Waals surface area contributed by atoms with E-state index in [-0.39, 0.29) is 19.4 Å². The van der Waals surface area contributed by atoms with Gasteiger partial charge in [0.25, 0.3) is 0 Å². The number of aromatic amines is 1. The lowest BCUT2D eigenvalue weighted by Gasteiger charge is -2.19. The number of methoxy groups -OCH3 is 1. The van der Waals surface area contributed by atoms with Crippen molar-refractivity contribution in [1.82, 2.24) is 4.98 Å². The lowest BCUT2D eigenvalue weighted by molar-refractivity contribution is 0.219. The Morgan fingerprint density at radius 2 is 1.67 bits per heavy atom. The second-order valence-corrected chi connectivity index (χ2v) is 10.9. The zero-order valence-electron chi connectivity index (χ0n) is 21.5. The summed E-state index contributed by atoms with van der Waals surface area (Å²) in [5.74, 6) is -1.48. The molecule has 0 saturated carbocycles. The number of ether oxygens (including phenoxy) is 1. The van der Waals surface area contributed by atoms with Gasteiger partial charge in [-0.15, -0.1) is 0 Å². The van der Waals surface area contributed by atoms with E-state index in [9.17, 15) is 18.1 Å². The van der Waals surface area contributed by atoms with E-state index in [1.807, 2.05) is 0 Å². The van der Waals surface area contributed by atoms with Gasteiger partial charge in [0.15, 0.2) is 11.6 Å². The van der Waals surface area contributed by atoms with Crippen LogP contribution < -0.4 is 14.4 Å². The van der Waals surface area contributed by atoms with Crippen LogP contribution >= 0.6 is 20.4 Å². The molecule has 1 aromatic heterocycles. The molecule has 3 aromatic carbocycles. The molecular weight excluding hydrogens is 547 g/mol. The molecule has 0 spiro atoms. The van der Waals surface area contributed by atoms with Crippen LogP contribution in [0.5, 0.6) is 5.75 Å². The maximum absolute atomic E-state index is 13.7. The number of hydrogen-bond donors (Lipinski definition) is 3. The number of carbonyl (C=O) groups is 1. The number of urea groups is 1. The predicted octanol–water partition coefficient (Wildman–Crippen LogP) is 7.77. The number of nitrogens with zero attached hydrogens (tertiary/aromatic N) is 1.